The average Bonchev–Trinajstić information content (AvgIpc) is 2.59. The summed E-state index contributed by atoms with van der Waals surface area (Å²) in [5.41, 5.74) is 0. The molecule has 3 N–H and O–H groups in total. The number of nitrogens with one attached hydrogen (secondary N) is 1. The number of aliphatic carboxylic acids is 1. The van der Waals surface area contributed by atoms with Gasteiger partial charge in [0.1, 0.15) is 0 Å². The molecule has 0 aliphatic heterocycles. The molecule has 1 saturated carbocycles. The van der Waals surface area contributed by atoms with Crippen LogP contribution in [0.1, 0.15) is 104 Å². The molecule has 3 atom stereocenters. The van der Waals surface area contributed by atoms with Crippen LogP contribution in [0.3, 0.4) is 0 Å². The van der Waals surface area contributed by atoms with Crippen molar-refractivity contribution >= 4 is 11.9 Å². The molecule has 0 bridgehead atoms. The van der Waals surface area contributed by atoms with Gasteiger partial charge in [-0.15, -0.1) is 0 Å². The van der Waals surface area contributed by atoms with Crippen molar-refractivity contribution in [3.8, 4) is 0 Å². The molecule has 1 fully saturated rings. The minimum absolute atomic E-state index is 0.0335. The zero-order chi connectivity index (χ0) is 20.1. The molecule has 1 aliphatic rings. The molecule has 0 radical (unpaired) electrons. The molecule has 5 heteroatoms. The quantitative estimate of drug-likeness (QED) is 0.381. The van der Waals surface area contributed by atoms with E-state index in [1.54, 1.807) is 0 Å². The van der Waals surface area contributed by atoms with Crippen molar-refractivity contribution in [2.45, 2.75) is 116 Å². The second-order valence-electron chi connectivity index (χ2n) is 8.70. The first-order chi connectivity index (χ1) is 12.9. The smallest absolute Gasteiger partial charge is 0.309 e. The van der Waals surface area contributed by atoms with Gasteiger partial charge in [0.25, 0.3) is 0 Å². The second-order valence-corrected chi connectivity index (χ2v) is 8.70. The third-order valence-corrected chi connectivity index (χ3v) is 5.68. The first kappa shape index (κ1) is 23.9. The van der Waals surface area contributed by atoms with Gasteiger partial charge >= 0.3 is 5.97 Å². The van der Waals surface area contributed by atoms with Gasteiger partial charge in [0.15, 0.2) is 0 Å². The second kappa shape index (κ2) is 14.0. The maximum atomic E-state index is 12.0. The summed E-state index contributed by atoms with van der Waals surface area (Å²) in [5, 5.41) is 21.8. The number of carboxylic acid groups (broad SMARTS) is 1. The van der Waals surface area contributed by atoms with Gasteiger partial charge in [0.05, 0.1) is 12.0 Å². The molecule has 27 heavy (non-hydrogen) atoms. The molecule has 5 nitrogen and oxygen atoms in total. The highest BCUT2D eigenvalue weighted by Gasteiger charge is 2.34. The molecule has 0 aromatic rings. The van der Waals surface area contributed by atoms with Crippen LogP contribution in [0.4, 0.5) is 0 Å². The van der Waals surface area contributed by atoms with E-state index in [1.807, 2.05) is 0 Å². The summed E-state index contributed by atoms with van der Waals surface area (Å²) in [5.74, 6) is -0.769. The van der Waals surface area contributed by atoms with Gasteiger partial charge in [-0.05, 0) is 31.6 Å². The molecule has 3 unspecified atom stereocenters. The number of amides is 1. The van der Waals surface area contributed by atoms with Crippen molar-refractivity contribution in [1.82, 2.24) is 5.32 Å². The molecule has 0 heterocycles. The third kappa shape index (κ3) is 11.4. The Morgan fingerprint density at radius 1 is 0.926 bits per heavy atom. The summed E-state index contributed by atoms with van der Waals surface area (Å²) in [4.78, 5) is 23.0. The monoisotopic (exact) mass is 383 g/mol. The molecule has 0 spiro atoms. The van der Waals surface area contributed by atoms with Crippen LogP contribution in [0.15, 0.2) is 0 Å². The lowest BCUT2D eigenvalue weighted by atomic mass is 9.83. The minimum atomic E-state index is -0.942. The Kier molecular flexibility index (Phi) is 12.4. The molecular weight excluding hydrogens is 342 g/mol. The van der Waals surface area contributed by atoms with E-state index >= 15 is 0 Å². The topological polar surface area (TPSA) is 86.6 Å². The molecule has 158 valence electrons. The first-order valence-electron chi connectivity index (χ1n) is 11.1. The Hall–Kier alpha value is -1.10. The van der Waals surface area contributed by atoms with E-state index in [-0.39, 0.29) is 11.9 Å². The van der Waals surface area contributed by atoms with Gasteiger partial charge in [0, 0.05) is 12.5 Å². The van der Waals surface area contributed by atoms with E-state index in [1.165, 1.54) is 51.4 Å². The Labute approximate surface area is 165 Å². The van der Waals surface area contributed by atoms with Crippen molar-refractivity contribution in [2.24, 2.45) is 11.8 Å². The van der Waals surface area contributed by atoms with E-state index in [0.29, 0.717) is 25.7 Å². The van der Waals surface area contributed by atoms with Crippen molar-refractivity contribution in [1.29, 1.82) is 0 Å². The van der Waals surface area contributed by atoms with Crippen molar-refractivity contribution in [3.05, 3.63) is 0 Å². The molecule has 0 saturated heterocycles. The molecule has 0 aromatic heterocycles. The van der Waals surface area contributed by atoms with Crippen LogP contribution in [0, 0.1) is 11.8 Å². The summed E-state index contributed by atoms with van der Waals surface area (Å²) in [7, 11) is 0. The largest absolute Gasteiger partial charge is 0.481 e. The van der Waals surface area contributed by atoms with Gasteiger partial charge in [-0.3, -0.25) is 9.59 Å². The number of unbranched alkanes of at least 4 members (excludes halogenated alkanes) is 8. The predicted octanol–water partition coefficient (Wildman–Crippen LogP) is 4.66. The van der Waals surface area contributed by atoms with Gasteiger partial charge in [-0.25, -0.2) is 0 Å². The zero-order valence-electron chi connectivity index (χ0n) is 17.4. The van der Waals surface area contributed by atoms with Crippen LogP contribution in [0.5, 0.6) is 0 Å². The van der Waals surface area contributed by atoms with Gasteiger partial charge in [0.2, 0.25) is 5.91 Å². The number of carboxylic acids is 1. The zero-order valence-corrected chi connectivity index (χ0v) is 17.4. The number of carbonyl (C=O) groups excluding carboxylic acids is 1. The number of aliphatic hydroxyl groups is 1. The Morgan fingerprint density at radius 2 is 1.48 bits per heavy atom. The summed E-state index contributed by atoms with van der Waals surface area (Å²) in [6, 6.07) is -0.0844. The predicted molar refractivity (Wildman–Crippen MR) is 109 cm³/mol. The van der Waals surface area contributed by atoms with Crippen LogP contribution in [-0.4, -0.2) is 34.2 Å². The fourth-order valence-corrected chi connectivity index (χ4v) is 3.94. The van der Waals surface area contributed by atoms with Crippen molar-refractivity contribution < 1.29 is 19.8 Å². The maximum Gasteiger partial charge on any atom is 0.309 e. The van der Waals surface area contributed by atoms with Crippen LogP contribution >= 0.6 is 0 Å². The van der Waals surface area contributed by atoms with Crippen LogP contribution in [-0.2, 0) is 9.59 Å². The summed E-state index contributed by atoms with van der Waals surface area (Å²) >= 11 is 0. The first-order valence-corrected chi connectivity index (χ1v) is 11.1. The summed E-state index contributed by atoms with van der Waals surface area (Å²) < 4.78 is 0. The van der Waals surface area contributed by atoms with E-state index in [9.17, 15) is 14.7 Å². The van der Waals surface area contributed by atoms with Crippen LogP contribution in [0.2, 0.25) is 0 Å². The summed E-state index contributed by atoms with van der Waals surface area (Å²) in [6.45, 7) is 4.57. The summed E-state index contributed by atoms with van der Waals surface area (Å²) in [6.07, 6.45) is 13.6. The maximum absolute atomic E-state index is 12.0. The number of rotatable bonds is 14. The van der Waals surface area contributed by atoms with Gasteiger partial charge in [-0.2, -0.15) is 0 Å². The van der Waals surface area contributed by atoms with Gasteiger partial charge in [-0.1, -0.05) is 71.6 Å². The van der Waals surface area contributed by atoms with Crippen LogP contribution < -0.4 is 5.32 Å². The third-order valence-electron chi connectivity index (χ3n) is 5.68. The van der Waals surface area contributed by atoms with Gasteiger partial charge < -0.3 is 15.5 Å². The Bertz CT molecular complexity index is 425. The molecule has 1 rings (SSSR count). The van der Waals surface area contributed by atoms with Crippen molar-refractivity contribution in [3.63, 3.8) is 0 Å². The van der Waals surface area contributed by atoms with Crippen LogP contribution in [0.25, 0.3) is 0 Å². The van der Waals surface area contributed by atoms with Crippen molar-refractivity contribution in [2.75, 3.05) is 0 Å². The van der Waals surface area contributed by atoms with E-state index < -0.39 is 18.0 Å². The highest BCUT2D eigenvalue weighted by molar-refractivity contribution is 5.76. The lowest BCUT2D eigenvalue weighted by Crippen LogP contribution is -2.44. The molecule has 0 aromatic carbocycles. The number of hydrogen-bond donors (Lipinski definition) is 3. The highest BCUT2D eigenvalue weighted by atomic mass is 16.4. The number of hydrogen-bond acceptors (Lipinski definition) is 3. The molecule has 1 amide bonds. The normalized spacial score (nSPS) is 22.7. The number of carbonyl (C=O) groups is 2. The Morgan fingerprint density at radius 3 is 2.00 bits per heavy atom. The van der Waals surface area contributed by atoms with E-state index in [0.717, 1.165) is 18.8 Å². The number of aliphatic hydroxyl groups excluding tert-OH is 1. The standard InChI is InChI=1S/C22H41NO4/c1-17(2)12-10-8-6-4-3-5-7-9-11-13-21(25)23-18-14-15-19(22(26)27)20(24)16-18/h17-20,24H,3-16H2,1-2H3,(H,23,25)(H,26,27). The SMILES string of the molecule is CC(C)CCCCCCCCCCCC(=O)NC1CCC(C(=O)O)C(O)C1. The fraction of sp³-hybridized carbons (Fsp3) is 0.909. The molecule has 1 aliphatic carbocycles. The fourth-order valence-electron chi connectivity index (χ4n) is 3.94. The highest BCUT2D eigenvalue weighted by Crippen LogP contribution is 2.25. The average molecular weight is 384 g/mol. The lowest BCUT2D eigenvalue weighted by Gasteiger charge is -2.31. The Balaban J connectivity index is 1.94. The van der Waals surface area contributed by atoms with E-state index in [4.69, 9.17) is 5.11 Å². The lowest BCUT2D eigenvalue weighted by molar-refractivity contribution is -0.147. The molecular formula is C22H41NO4. The van der Waals surface area contributed by atoms with E-state index in [2.05, 4.69) is 19.2 Å². The minimum Gasteiger partial charge on any atom is -0.481 e.